The van der Waals surface area contributed by atoms with Crippen molar-refractivity contribution in [3.05, 3.63) is 28.0 Å². The van der Waals surface area contributed by atoms with Gasteiger partial charge in [-0.2, -0.15) is 0 Å². The van der Waals surface area contributed by atoms with Crippen LogP contribution in [0.4, 0.5) is 4.39 Å². The van der Waals surface area contributed by atoms with E-state index in [1.807, 2.05) is 0 Å². The Morgan fingerprint density at radius 3 is 2.45 bits per heavy atom. The van der Waals surface area contributed by atoms with Crippen LogP contribution in [0.2, 0.25) is 0 Å². The van der Waals surface area contributed by atoms with E-state index in [0.29, 0.717) is 6.42 Å². The molecule has 2 N–H and O–H groups in total. The summed E-state index contributed by atoms with van der Waals surface area (Å²) >= 11 is 2.98. The molecule has 8 heteroatoms. The van der Waals surface area contributed by atoms with E-state index in [1.54, 1.807) is 20.8 Å². The molecule has 112 valence electrons. The molecule has 0 aliphatic rings. The second kappa shape index (κ2) is 5.79. The van der Waals surface area contributed by atoms with E-state index in [1.165, 1.54) is 0 Å². The van der Waals surface area contributed by atoms with Gasteiger partial charge in [-0.25, -0.2) is 22.3 Å². The SMILES string of the molecule is CCC(C)(C)NS(=O)(=O)c1cc(Br)cc(C(=O)O)c1F. The minimum Gasteiger partial charge on any atom is -0.478 e. The number of carboxylic acids is 1. The highest BCUT2D eigenvalue weighted by Gasteiger charge is 2.29. The first kappa shape index (κ1) is 17.1. The van der Waals surface area contributed by atoms with E-state index in [-0.39, 0.29) is 4.47 Å². The molecule has 0 saturated carbocycles. The number of nitrogens with one attached hydrogen (secondary N) is 1. The van der Waals surface area contributed by atoms with Crippen LogP contribution in [0.25, 0.3) is 0 Å². The maximum atomic E-state index is 14.1. The number of rotatable bonds is 5. The molecule has 5 nitrogen and oxygen atoms in total. The van der Waals surface area contributed by atoms with Gasteiger partial charge in [-0.15, -0.1) is 0 Å². The molecule has 1 aromatic rings. The van der Waals surface area contributed by atoms with Crippen molar-refractivity contribution >= 4 is 31.9 Å². The van der Waals surface area contributed by atoms with Crippen LogP contribution in [0.1, 0.15) is 37.6 Å². The van der Waals surface area contributed by atoms with E-state index in [4.69, 9.17) is 5.11 Å². The monoisotopic (exact) mass is 367 g/mol. The van der Waals surface area contributed by atoms with Gasteiger partial charge in [-0.3, -0.25) is 0 Å². The van der Waals surface area contributed by atoms with Crippen LogP contribution >= 0.6 is 15.9 Å². The van der Waals surface area contributed by atoms with Crippen LogP contribution in [0.3, 0.4) is 0 Å². The average molecular weight is 368 g/mol. The average Bonchev–Trinajstić information content (AvgIpc) is 2.30. The second-order valence-electron chi connectivity index (χ2n) is 4.91. The molecular weight excluding hydrogens is 353 g/mol. The summed E-state index contributed by atoms with van der Waals surface area (Å²) in [4.78, 5) is 10.2. The zero-order valence-electron chi connectivity index (χ0n) is 11.2. The molecular formula is C12H15BrFNO4S. The Balaban J connectivity index is 3.43. The molecule has 1 aromatic carbocycles. The first-order valence-corrected chi connectivity index (χ1v) is 8.04. The third-order valence-corrected chi connectivity index (χ3v) is 4.97. The number of carbonyl (C=O) groups is 1. The van der Waals surface area contributed by atoms with E-state index in [2.05, 4.69) is 20.7 Å². The van der Waals surface area contributed by atoms with Crippen LogP contribution in [-0.4, -0.2) is 25.0 Å². The summed E-state index contributed by atoms with van der Waals surface area (Å²) in [5, 5.41) is 8.88. The van der Waals surface area contributed by atoms with Gasteiger partial charge in [-0.1, -0.05) is 22.9 Å². The van der Waals surface area contributed by atoms with Crippen molar-refractivity contribution in [3.8, 4) is 0 Å². The molecule has 20 heavy (non-hydrogen) atoms. The Bertz CT molecular complexity index is 643. The fraction of sp³-hybridized carbons (Fsp3) is 0.417. The largest absolute Gasteiger partial charge is 0.478 e. The van der Waals surface area contributed by atoms with Crippen LogP contribution in [0, 0.1) is 5.82 Å². The molecule has 0 atom stereocenters. The van der Waals surface area contributed by atoms with Gasteiger partial charge in [0.2, 0.25) is 10.0 Å². The van der Waals surface area contributed by atoms with Gasteiger partial charge in [0.05, 0.1) is 5.56 Å². The zero-order valence-corrected chi connectivity index (χ0v) is 13.6. The molecule has 0 unspecified atom stereocenters. The van der Waals surface area contributed by atoms with Crippen molar-refractivity contribution in [2.45, 2.75) is 37.6 Å². The normalized spacial score (nSPS) is 12.4. The van der Waals surface area contributed by atoms with Crippen LogP contribution in [0.5, 0.6) is 0 Å². The summed E-state index contributed by atoms with van der Waals surface area (Å²) in [5.41, 5.74) is -1.47. The van der Waals surface area contributed by atoms with Crippen molar-refractivity contribution in [1.82, 2.24) is 4.72 Å². The summed E-state index contributed by atoms with van der Waals surface area (Å²) in [6, 6.07) is 2.05. The summed E-state index contributed by atoms with van der Waals surface area (Å²) in [7, 11) is -4.16. The van der Waals surface area contributed by atoms with Gasteiger partial charge in [0.25, 0.3) is 0 Å². The summed E-state index contributed by atoms with van der Waals surface area (Å²) < 4.78 is 41.0. The lowest BCUT2D eigenvalue weighted by Gasteiger charge is -2.24. The third-order valence-electron chi connectivity index (χ3n) is 2.82. The summed E-state index contributed by atoms with van der Waals surface area (Å²) in [5.74, 6) is -2.81. The highest BCUT2D eigenvalue weighted by molar-refractivity contribution is 9.10. The van der Waals surface area contributed by atoms with Crippen molar-refractivity contribution in [3.63, 3.8) is 0 Å². The van der Waals surface area contributed by atoms with E-state index in [0.717, 1.165) is 12.1 Å². The molecule has 0 fully saturated rings. The minimum absolute atomic E-state index is 0.172. The van der Waals surface area contributed by atoms with Crippen molar-refractivity contribution in [1.29, 1.82) is 0 Å². The van der Waals surface area contributed by atoms with Gasteiger partial charge in [0, 0.05) is 10.0 Å². The van der Waals surface area contributed by atoms with Crippen LogP contribution < -0.4 is 4.72 Å². The van der Waals surface area contributed by atoms with Gasteiger partial charge >= 0.3 is 5.97 Å². The Hall–Kier alpha value is -0.990. The Morgan fingerprint density at radius 2 is 2.00 bits per heavy atom. The first-order chi connectivity index (χ1) is 9.00. The molecule has 0 aromatic heterocycles. The summed E-state index contributed by atoms with van der Waals surface area (Å²) in [6.07, 6.45) is 0.494. The molecule has 0 aliphatic heterocycles. The second-order valence-corrected chi connectivity index (χ2v) is 7.48. The topological polar surface area (TPSA) is 83.5 Å². The standard InChI is InChI=1S/C12H15BrFNO4S/c1-4-12(2,3)15-20(18,19)9-6-7(13)5-8(10(9)14)11(16)17/h5-6,15H,4H2,1-3H3,(H,16,17). The van der Waals surface area contributed by atoms with Crippen molar-refractivity contribution < 1.29 is 22.7 Å². The number of halogens is 2. The number of sulfonamides is 1. The minimum atomic E-state index is -4.16. The maximum Gasteiger partial charge on any atom is 0.338 e. The molecule has 0 spiro atoms. The molecule has 0 heterocycles. The van der Waals surface area contributed by atoms with Crippen molar-refractivity contribution in [2.75, 3.05) is 0 Å². The fourth-order valence-electron chi connectivity index (χ4n) is 1.41. The highest BCUT2D eigenvalue weighted by Crippen LogP contribution is 2.25. The smallest absolute Gasteiger partial charge is 0.338 e. The molecule has 0 bridgehead atoms. The highest BCUT2D eigenvalue weighted by atomic mass is 79.9. The lowest BCUT2D eigenvalue weighted by atomic mass is 10.0. The Morgan fingerprint density at radius 1 is 1.45 bits per heavy atom. The molecule has 0 amide bonds. The lowest BCUT2D eigenvalue weighted by Crippen LogP contribution is -2.43. The number of hydrogen-bond acceptors (Lipinski definition) is 3. The van der Waals surface area contributed by atoms with Crippen molar-refractivity contribution in [2.24, 2.45) is 0 Å². The predicted octanol–water partition coefficient (Wildman–Crippen LogP) is 2.75. The van der Waals surface area contributed by atoms with Gasteiger partial charge in [0.1, 0.15) is 4.90 Å². The number of hydrogen-bond donors (Lipinski definition) is 2. The number of benzene rings is 1. The molecule has 0 aliphatic carbocycles. The molecule has 0 radical (unpaired) electrons. The molecule has 0 saturated heterocycles. The van der Waals surface area contributed by atoms with E-state index in [9.17, 15) is 17.6 Å². The fourth-order valence-corrected chi connectivity index (χ4v) is 3.63. The first-order valence-electron chi connectivity index (χ1n) is 5.76. The Labute approximate surface area is 125 Å². The number of aromatic carboxylic acids is 1. The maximum absolute atomic E-state index is 14.1. The third kappa shape index (κ3) is 3.77. The lowest BCUT2D eigenvalue weighted by molar-refractivity contribution is 0.0691. The zero-order chi connectivity index (χ0) is 15.7. The number of carboxylic acid groups (broad SMARTS) is 1. The molecule has 1 rings (SSSR count). The predicted molar refractivity (Wildman–Crippen MR) is 75.8 cm³/mol. The summed E-state index contributed by atoms with van der Waals surface area (Å²) in [6.45, 7) is 5.08. The van der Waals surface area contributed by atoms with E-state index >= 15 is 0 Å². The van der Waals surface area contributed by atoms with Gasteiger partial charge < -0.3 is 5.11 Å². The van der Waals surface area contributed by atoms with E-state index < -0.39 is 37.8 Å². The van der Waals surface area contributed by atoms with Gasteiger partial charge in [0.15, 0.2) is 5.82 Å². The quantitative estimate of drug-likeness (QED) is 0.837. The van der Waals surface area contributed by atoms with Crippen LogP contribution in [-0.2, 0) is 10.0 Å². The van der Waals surface area contributed by atoms with Crippen LogP contribution in [0.15, 0.2) is 21.5 Å². The van der Waals surface area contributed by atoms with Gasteiger partial charge in [-0.05, 0) is 32.4 Å². The Kier molecular flexibility index (Phi) is 4.94.